The molecule has 1 rings (SSSR count). The topological polar surface area (TPSA) is 188 Å². The van der Waals surface area contributed by atoms with Crippen LogP contribution in [0.15, 0.2) is 30.3 Å². The van der Waals surface area contributed by atoms with Gasteiger partial charge in [-0.05, 0) is 24.8 Å². The molecule has 0 saturated carbocycles. The van der Waals surface area contributed by atoms with Crippen molar-refractivity contribution in [2.24, 2.45) is 11.7 Å². The van der Waals surface area contributed by atoms with E-state index in [4.69, 9.17) is 10.8 Å². The Hall–Kier alpha value is -3.47. The fourth-order valence-electron chi connectivity index (χ4n) is 2.94. The van der Waals surface area contributed by atoms with Gasteiger partial charge in [-0.3, -0.25) is 19.2 Å². The maximum Gasteiger partial charge on any atom is 0.326 e. The zero-order valence-electron chi connectivity index (χ0n) is 18.9. The van der Waals surface area contributed by atoms with Gasteiger partial charge in [-0.25, -0.2) is 4.79 Å². The summed E-state index contributed by atoms with van der Waals surface area (Å²) in [5.41, 5.74) is 6.27. The van der Waals surface area contributed by atoms with Crippen LogP contribution >= 0.6 is 0 Å². The molecule has 0 aliphatic carbocycles. The lowest BCUT2D eigenvalue weighted by Crippen LogP contribution is -2.58. The number of carbonyl (C=O) groups excluding carboxylic acids is 3. The third-order valence-electron chi connectivity index (χ3n) is 4.84. The highest BCUT2D eigenvalue weighted by molar-refractivity contribution is 5.94. The van der Waals surface area contributed by atoms with Crippen molar-refractivity contribution in [2.75, 3.05) is 0 Å². The highest BCUT2D eigenvalue weighted by Crippen LogP contribution is 2.08. The van der Waals surface area contributed by atoms with Gasteiger partial charge in [-0.1, -0.05) is 44.2 Å². The standard InChI is InChI=1S/C22H32N4O7/c1-12(2)18(26-19(29)13(3)23)21(31)25-16(11-14-7-5-4-6-8-14)20(30)24-15(22(32)33)9-10-17(27)28/h4-8,12-13,15-16,18H,9-11,23H2,1-3H3,(H,24,30)(H,25,31)(H,26,29)(H,27,28)(H,32,33). The molecule has 182 valence electrons. The summed E-state index contributed by atoms with van der Waals surface area (Å²) in [6.07, 6.45) is -0.719. The van der Waals surface area contributed by atoms with Crippen molar-refractivity contribution in [3.05, 3.63) is 35.9 Å². The van der Waals surface area contributed by atoms with Crippen LogP contribution in [-0.2, 0) is 30.4 Å². The number of aliphatic carboxylic acids is 2. The summed E-state index contributed by atoms with van der Waals surface area (Å²) in [6, 6.07) is 4.33. The molecule has 0 bridgehead atoms. The van der Waals surface area contributed by atoms with Crippen molar-refractivity contribution in [2.45, 2.75) is 64.2 Å². The molecule has 0 spiro atoms. The molecule has 11 nitrogen and oxygen atoms in total. The largest absolute Gasteiger partial charge is 0.481 e. The van der Waals surface area contributed by atoms with Gasteiger partial charge in [0.25, 0.3) is 0 Å². The SMILES string of the molecule is CC(N)C(=O)NC(C(=O)NC(Cc1ccccc1)C(=O)NC(CCC(=O)O)C(=O)O)C(C)C. The number of carboxylic acid groups (broad SMARTS) is 2. The second-order valence-electron chi connectivity index (χ2n) is 8.10. The minimum absolute atomic E-state index is 0.0513. The average molecular weight is 465 g/mol. The Labute approximate surface area is 192 Å². The van der Waals surface area contributed by atoms with Gasteiger partial charge in [0.2, 0.25) is 17.7 Å². The number of nitrogens with one attached hydrogen (secondary N) is 3. The van der Waals surface area contributed by atoms with Crippen LogP contribution < -0.4 is 21.7 Å². The van der Waals surface area contributed by atoms with Crippen molar-refractivity contribution < 1.29 is 34.2 Å². The molecule has 4 unspecified atom stereocenters. The van der Waals surface area contributed by atoms with Gasteiger partial charge in [-0.2, -0.15) is 0 Å². The molecule has 0 aromatic heterocycles. The number of carboxylic acids is 2. The van der Waals surface area contributed by atoms with Crippen LogP contribution in [0.4, 0.5) is 0 Å². The zero-order chi connectivity index (χ0) is 25.1. The lowest BCUT2D eigenvalue weighted by atomic mass is 10.00. The van der Waals surface area contributed by atoms with Gasteiger partial charge in [0, 0.05) is 12.8 Å². The molecular formula is C22H32N4O7. The summed E-state index contributed by atoms with van der Waals surface area (Å²) in [7, 11) is 0. The maximum atomic E-state index is 12.9. The minimum Gasteiger partial charge on any atom is -0.481 e. The number of nitrogens with two attached hydrogens (primary N) is 1. The summed E-state index contributed by atoms with van der Waals surface area (Å²) in [5.74, 6) is -4.87. The molecule has 7 N–H and O–H groups in total. The van der Waals surface area contributed by atoms with Crippen LogP contribution in [0.1, 0.15) is 39.2 Å². The van der Waals surface area contributed by atoms with E-state index in [9.17, 15) is 29.1 Å². The van der Waals surface area contributed by atoms with Crippen molar-refractivity contribution in [3.63, 3.8) is 0 Å². The quantitative estimate of drug-likeness (QED) is 0.228. The Morgan fingerprint density at radius 3 is 1.91 bits per heavy atom. The third kappa shape index (κ3) is 9.69. The summed E-state index contributed by atoms with van der Waals surface area (Å²) in [6.45, 7) is 4.90. The van der Waals surface area contributed by atoms with Gasteiger partial charge in [0.05, 0.1) is 6.04 Å². The van der Waals surface area contributed by atoms with Crippen LogP contribution in [0.3, 0.4) is 0 Å². The van der Waals surface area contributed by atoms with E-state index < -0.39 is 60.2 Å². The van der Waals surface area contributed by atoms with Gasteiger partial charge >= 0.3 is 11.9 Å². The van der Waals surface area contributed by atoms with E-state index in [-0.39, 0.29) is 18.8 Å². The Bertz CT molecular complexity index is 842. The third-order valence-corrected chi connectivity index (χ3v) is 4.84. The number of carbonyl (C=O) groups is 5. The van der Waals surface area contributed by atoms with Gasteiger partial charge < -0.3 is 31.9 Å². The summed E-state index contributed by atoms with van der Waals surface area (Å²) in [5, 5.41) is 25.6. The Morgan fingerprint density at radius 2 is 1.42 bits per heavy atom. The number of hydrogen-bond donors (Lipinski definition) is 6. The van der Waals surface area contributed by atoms with Crippen molar-refractivity contribution in [1.29, 1.82) is 0 Å². The monoisotopic (exact) mass is 464 g/mol. The van der Waals surface area contributed by atoms with Crippen LogP contribution in [0, 0.1) is 5.92 Å². The average Bonchev–Trinajstić information content (AvgIpc) is 2.73. The van der Waals surface area contributed by atoms with E-state index in [1.54, 1.807) is 44.2 Å². The normalized spacial score (nSPS) is 14.5. The van der Waals surface area contributed by atoms with Gasteiger partial charge in [0.15, 0.2) is 0 Å². The number of benzene rings is 1. The summed E-state index contributed by atoms with van der Waals surface area (Å²) < 4.78 is 0. The van der Waals surface area contributed by atoms with Gasteiger partial charge in [-0.15, -0.1) is 0 Å². The van der Waals surface area contributed by atoms with Crippen LogP contribution in [0.5, 0.6) is 0 Å². The fraction of sp³-hybridized carbons (Fsp3) is 0.500. The predicted octanol–water partition coefficient (Wildman–Crippen LogP) is -0.364. The summed E-state index contributed by atoms with van der Waals surface area (Å²) in [4.78, 5) is 60.2. The molecule has 1 aromatic carbocycles. The maximum absolute atomic E-state index is 12.9. The second kappa shape index (κ2) is 13.2. The fourth-order valence-corrected chi connectivity index (χ4v) is 2.94. The molecule has 0 saturated heterocycles. The van der Waals surface area contributed by atoms with Crippen molar-refractivity contribution >= 4 is 29.7 Å². The minimum atomic E-state index is -1.44. The van der Waals surface area contributed by atoms with E-state index in [0.29, 0.717) is 5.56 Å². The van der Waals surface area contributed by atoms with Crippen molar-refractivity contribution in [1.82, 2.24) is 16.0 Å². The molecule has 1 aromatic rings. The number of hydrogen-bond acceptors (Lipinski definition) is 6. The first-order chi connectivity index (χ1) is 15.4. The Morgan fingerprint density at radius 1 is 0.848 bits per heavy atom. The number of amides is 3. The van der Waals surface area contributed by atoms with E-state index in [1.165, 1.54) is 6.92 Å². The van der Waals surface area contributed by atoms with Gasteiger partial charge in [0.1, 0.15) is 18.1 Å². The van der Waals surface area contributed by atoms with E-state index in [1.807, 2.05) is 0 Å². The number of rotatable bonds is 13. The Kier molecular flexibility index (Phi) is 11.0. The van der Waals surface area contributed by atoms with E-state index in [2.05, 4.69) is 16.0 Å². The van der Waals surface area contributed by atoms with Crippen LogP contribution in [-0.4, -0.2) is 64.0 Å². The lowest BCUT2D eigenvalue weighted by Gasteiger charge is -2.26. The molecule has 33 heavy (non-hydrogen) atoms. The summed E-state index contributed by atoms with van der Waals surface area (Å²) >= 11 is 0. The molecule has 0 fully saturated rings. The molecular weight excluding hydrogens is 432 g/mol. The molecule has 11 heteroatoms. The highest BCUT2D eigenvalue weighted by Gasteiger charge is 2.31. The first-order valence-electron chi connectivity index (χ1n) is 10.6. The lowest BCUT2D eigenvalue weighted by molar-refractivity contribution is -0.143. The van der Waals surface area contributed by atoms with Crippen molar-refractivity contribution in [3.8, 4) is 0 Å². The highest BCUT2D eigenvalue weighted by atomic mass is 16.4. The molecule has 4 atom stereocenters. The molecule has 0 heterocycles. The first kappa shape index (κ1) is 27.6. The predicted molar refractivity (Wildman–Crippen MR) is 119 cm³/mol. The van der Waals surface area contributed by atoms with Crippen LogP contribution in [0.25, 0.3) is 0 Å². The first-order valence-corrected chi connectivity index (χ1v) is 10.6. The van der Waals surface area contributed by atoms with E-state index >= 15 is 0 Å². The zero-order valence-corrected chi connectivity index (χ0v) is 18.9. The molecule has 0 aliphatic rings. The molecule has 0 aliphatic heterocycles. The molecule has 0 radical (unpaired) electrons. The Balaban J connectivity index is 3.08. The smallest absolute Gasteiger partial charge is 0.326 e. The second-order valence-corrected chi connectivity index (χ2v) is 8.10. The van der Waals surface area contributed by atoms with E-state index in [0.717, 1.165) is 0 Å². The van der Waals surface area contributed by atoms with Crippen LogP contribution in [0.2, 0.25) is 0 Å². The molecule has 3 amide bonds.